The minimum absolute atomic E-state index is 0.386. The summed E-state index contributed by atoms with van der Waals surface area (Å²) in [6.45, 7) is 7.13. The van der Waals surface area contributed by atoms with E-state index in [2.05, 4.69) is 9.83 Å². The van der Waals surface area contributed by atoms with Gasteiger partial charge in [0.05, 0.1) is 5.69 Å². The maximum absolute atomic E-state index is 6.75. The minimum atomic E-state index is 0.386. The van der Waals surface area contributed by atoms with Crippen LogP contribution >= 0.6 is 11.3 Å². The van der Waals surface area contributed by atoms with Crippen LogP contribution in [0.4, 0.5) is 0 Å². The minimum Gasteiger partial charge on any atom is -0.309 e. The van der Waals surface area contributed by atoms with E-state index < -0.39 is 0 Å². The van der Waals surface area contributed by atoms with Crippen molar-refractivity contribution in [1.82, 2.24) is 4.98 Å². The van der Waals surface area contributed by atoms with Gasteiger partial charge in [0.2, 0.25) is 0 Å². The van der Waals surface area contributed by atoms with Gasteiger partial charge >= 0.3 is 0 Å². The van der Waals surface area contributed by atoms with Gasteiger partial charge in [0.15, 0.2) is 5.01 Å². The van der Waals surface area contributed by atoms with Crippen LogP contribution in [-0.4, -0.2) is 4.98 Å². The Labute approximate surface area is 86.7 Å². The zero-order valence-corrected chi connectivity index (χ0v) is 8.29. The molecule has 0 fully saturated rings. The lowest BCUT2D eigenvalue weighted by atomic mass is 10.2. The van der Waals surface area contributed by atoms with Crippen LogP contribution in [0, 0.1) is 6.57 Å². The van der Waals surface area contributed by atoms with E-state index in [9.17, 15) is 0 Å². The molecule has 0 bridgehead atoms. The van der Waals surface area contributed by atoms with Gasteiger partial charge in [0.25, 0.3) is 6.54 Å². The predicted octanol–water partition coefficient (Wildman–Crippen LogP) is 3.23. The van der Waals surface area contributed by atoms with Gasteiger partial charge in [0, 0.05) is 10.9 Å². The van der Waals surface area contributed by atoms with Crippen molar-refractivity contribution in [3.05, 3.63) is 52.1 Å². The molecule has 2 nitrogen and oxygen atoms in total. The topological polar surface area (TPSA) is 17.2 Å². The van der Waals surface area contributed by atoms with Crippen LogP contribution in [0.15, 0.2) is 35.7 Å². The molecule has 0 radical (unpaired) electrons. The van der Waals surface area contributed by atoms with E-state index in [1.54, 1.807) is 11.3 Å². The lowest BCUT2D eigenvalue weighted by Crippen LogP contribution is -1.79. The highest BCUT2D eigenvalue weighted by Gasteiger charge is 2.04. The quantitative estimate of drug-likeness (QED) is 0.680. The van der Waals surface area contributed by atoms with E-state index >= 15 is 0 Å². The lowest BCUT2D eigenvalue weighted by molar-refractivity contribution is 1.19. The molecule has 0 spiro atoms. The van der Waals surface area contributed by atoms with Crippen molar-refractivity contribution in [1.29, 1.82) is 0 Å². The smallest absolute Gasteiger partial charge is 0.265 e. The molecule has 0 aliphatic heterocycles. The summed E-state index contributed by atoms with van der Waals surface area (Å²) >= 11 is 1.54. The van der Waals surface area contributed by atoms with Crippen molar-refractivity contribution < 1.29 is 0 Å². The largest absolute Gasteiger partial charge is 0.309 e. The maximum atomic E-state index is 6.75. The molecule has 0 unspecified atom stereocenters. The summed E-state index contributed by atoms with van der Waals surface area (Å²) in [6, 6.07) is 10.0. The van der Waals surface area contributed by atoms with E-state index in [4.69, 9.17) is 6.57 Å². The molecule has 1 aromatic carbocycles. The van der Waals surface area contributed by atoms with Crippen molar-refractivity contribution in [2.24, 2.45) is 0 Å². The van der Waals surface area contributed by atoms with E-state index in [1.165, 1.54) is 0 Å². The maximum Gasteiger partial charge on any atom is 0.265 e. The fraction of sp³-hybridized carbons (Fsp3) is 0.0909. The van der Waals surface area contributed by atoms with Crippen LogP contribution in [-0.2, 0) is 6.54 Å². The second-order valence-electron chi connectivity index (χ2n) is 2.81. The van der Waals surface area contributed by atoms with E-state index in [-0.39, 0.29) is 0 Å². The molecule has 0 N–H and O–H groups in total. The highest BCUT2D eigenvalue weighted by molar-refractivity contribution is 7.09. The van der Waals surface area contributed by atoms with Crippen LogP contribution in [0.3, 0.4) is 0 Å². The molecule has 1 aromatic heterocycles. The second-order valence-corrected chi connectivity index (χ2v) is 3.75. The third-order valence-corrected chi connectivity index (χ3v) is 2.67. The van der Waals surface area contributed by atoms with E-state index in [1.807, 2.05) is 35.7 Å². The first-order valence-electron chi connectivity index (χ1n) is 4.23. The molecule has 1 heterocycles. The molecular formula is C11H8N2S. The number of nitrogens with zero attached hydrogens (tertiary/aromatic N) is 2. The van der Waals surface area contributed by atoms with Gasteiger partial charge in [-0.25, -0.2) is 11.6 Å². The summed E-state index contributed by atoms with van der Waals surface area (Å²) in [6.07, 6.45) is 0. The fourth-order valence-corrected chi connectivity index (χ4v) is 1.92. The van der Waals surface area contributed by atoms with Crippen molar-refractivity contribution in [2.45, 2.75) is 6.54 Å². The Balaban J connectivity index is 2.31. The average Bonchev–Trinajstić information content (AvgIpc) is 2.68. The van der Waals surface area contributed by atoms with Crippen molar-refractivity contribution in [3.8, 4) is 11.3 Å². The monoisotopic (exact) mass is 200 g/mol. The van der Waals surface area contributed by atoms with Gasteiger partial charge < -0.3 is 4.85 Å². The Hall–Kier alpha value is -1.66. The molecule has 0 amide bonds. The zero-order chi connectivity index (χ0) is 9.80. The third kappa shape index (κ3) is 1.81. The second kappa shape index (κ2) is 4.03. The average molecular weight is 200 g/mol. The first-order valence-corrected chi connectivity index (χ1v) is 5.11. The van der Waals surface area contributed by atoms with Gasteiger partial charge in [0.1, 0.15) is 0 Å². The van der Waals surface area contributed by atoms with Crippen LogP contribution in [0.25, 0.3) is 16.1 Å². The Morgan fingerprint density at radius 2 is 2.07 bits per heavy atom. The molecule has 68 valence electrons. The molecule has 0 atom stereocenters. The molecule has 14 heavy (non-hydrogen) atoms. The summed E-state index contributed by atoms with van der Waals surface area (Å²) in [5.41, 5.74) is 2.08. The highest BCUT2D eigenvalue weighted by Crippen LogP contribution is 2.21. The predicted molar refractivity (Wildman–Crippen MR) is 57.9 cm³/mol. The molecule has 2 aromatic rings. The number of benzene rings is 1. The number of thiazole rings is 1. The summed E-state index contributed by atoms with van der Waals surface area (Å²) in [5, 5.41) is 2.88. The highest BCUT2D eigenvalue weighted by atomic mass is 32.1. The van der Waals surface area contributed by atoms with Crippen LogP contribution in [0.5, 0.6) is 0 Å². The van der Waals surface area contributed by atoms with Crippen LogP contribution in [0.2, 0.25) is 0 Å². The van der Waals surface area contributed by atoms with Crippen LogP contribution in [0.1, 0.15) is 5.01 Å². The first-order chi connectivity index (χ1) is 6.90. The Morgan fingerprint density at radius 3 is 2.79 bits per heavy atom. The number of hydrogen-bond donors (Lipinski definition) is 0. The summed E-state index contributed by atoms with van der Waals surface area (Å²) in [4.78, 5) is 7.69. The van der Waals surface area contributed by atoms with E-state index in [0.717, 1.165) is 16.3 Å². The number of hydrogen-bond acceptors (Lipinski definition) is 2. The Kier molecular flexibility index (Phi) is 2.57. The Morgan fingerprint density at radius 1 is 1.29 bits per heavy atom. The zero-order valence-electron chi connectivity index (χ0n) is 7.47. The number of aromatic nitrogens is 1. The SMILES string of the molecule is [C-]#[N+]Cc1nc(-c2ccccc2)cs1. The number of rotatable bonds is 2. The molecule has 0 saturated carbocycles. The van der Waals surface area contributed by atoms with Crippen molar-refractivity contribution in [3.63, 3.8) is 0 Å². The van der Waals surface area contributed by atoms with Gasteiger partial charge in [-0.15, -0.1) is 11.3 Å². The molecule has 3 heteroatoms. The summed E-state index contributed by atoms with van der Waals surface area (Å²) in [7, 11) is 0. The Bertz CT molecular complexity index is 454. The molecular weight excluding hydrogens is 192 g/mol. The third-order valence-electron chi connectivity index (χ3n) is 1.84. The van der Waals surface area contributed by atoms with Gasteiger partial charge in [-0.05, 0) is 0 Å². The van der Waals surface area contributed by atoms with Crippen molar-refractivity contribution >= 4 is 11.3 Å². The normalized spacial score (nSPS) is 9.64. The molecule has 0 saturated heterocycles. The lowest BCUT2D eigenvalue weighted by Gasteiger charge is -1.92. The first kappa shape index (κ1) is 8.92. The summed E-state index contributed by atoms with van der Waals surface area (Å²) in [5.74, 6) is 0. The van der Waals surface area contributed by atoms with Gasteiger partial charge in [-0.2, -0.15) is 0 Å². The van der Waals surface area contributed by atoms with E-state index in [0.29, 0.717) is 6.54 Å². The molecule has 2 rings (SSSR count). The van der Waals surface area contributed by atoms with Crippen molar-refractivity contribution in [2.75, 3.05) is 0 Å². The molecule has 0 aliphatic carbocycles. The summed E-state index contributed by atoms with van der Waals surface area (Å²) < 4.78 is 0. The van der Waals surface area contributed by atoms with Gasteiger partial charge in [-0.3, -0.25) is 0 Å². The van der Waals surface area contributed by atoms with Crippen LogP contribution < -0.4 is 0 Å². The van der Waals surface area contributed by atoms with Gasteiger partial charge in [-0.1, -0.05) is 30.3 Å². The standard InChI is InChI=1S/C11H8N2S/c1-12-7-11-13-10(8-14-11)9-5-3-2-4-6-9/h2-6,8H,7H2. The molecule has 0 aliphatic rings. The fourth-order valence-electron chi connectivity index (χ4n) is 1.19.